The SMILES string of the molecule is O=C1NC(=O)c2c1c1c3cc(F)c(F)cc3sc1c1c2c2cc(F)c(F)cc2n1[C@@H]1O[C@H](CO)[C@@H](F)[C@H](O)[C@H]1O. The Kier molecular flexibility index (Phi) is 5.32. The summed E-state index contributed by atoms with van der Waals surface area (Å²) in [6.45, 7) is -0.912. The molecule has 0 saturated carbocycles. The van der Waals surface area contributed by atoms with Crippen molar-refractivity contribution in [2.24, 2.45) is 0 Å². The largest absolute Gasteiger partial charge is 0.394 e. The van der Waals surface area contributed by atoms with Crippen LogP contribution in [0, 0.1) is 23.3 Å². The normalized spacial score (nSPS) is 25.1. The summed E-state index contributed by atoms with van der Waals surface area (Å²) >= 11 is 0.865. The minimum atomic E-state index is -2.21. The molecule has 3 aromatic carbocycles. The molecular weight excluding hydrogens is 563 g/mol. The first-order chi connectivity index (χ1) is 19.0. The maximum atomic E-state index is 14.6. The summed E-state index contributed by atoms with van der Waals surface area (Å²) in [5, 5.41) is 33.1. The van der Waals surface area contributed by atoms with E-state index in [0.29, 0.717) is 0 Å². The number of benzene rings is 3. The molecule has 40 heavy (non-hydrogen) atoms. The highest BCUT2D eigenvalue weighted by Crippen LogP contribution is 2.49. The number of nitrogens with zero attached hydrogens (tertiary/aromatic N) is 1. The Bertz CT molecular complexity index is 1970. The van der Waals surface area contributed by atoms with Gasteiger partial charge in [0.2, 0.25) is 0 Å². The number of imide groups is 1. The third kappa shape index (κ3) is 3.13. The molecule has 0 unspecified atom stereocenters. The van der Waals surface area contributed by atoms with E-state index in [1.54, 1.807) is 0 Å². The predicted molar refractivity (Wildman–Crippen MR) is 132 cm³/mol. The van der Waals surface area contributed by atoms with Gasteiger partial charge in [0.15, 0.2) is 35.7 Å². The van der Waals surface area contributed by atoms with Crippen molar-refractivity contribution in [3.63, 3.8) is 0 Å². The van der Waals surface area contributed by atoms with E-state index in [-0.39, 0.29) is 53.1 Å². The van der Waals surface area contributed by atoms with E-state index < -0.39 is 72.4 Å². The van der Waals surface area contributed by atoms with Gasteiger partial charge in [-0.3, -0.25) is 14.9 Å². The number of nitrogens with one attached hydrogen (secondary N) is 1. The zero-order valence-electron chi connectivity index (χ0n) is 19.7. The van der Waals surface area contributed by atoms with Crippen LogP contribution in [0.5, 0.6) is 0 Å². The fourth-order valence-corrected chi connectivity index (χ4v) is 7.02. The molecule has 0 bridgehead atoms. The Morgan fingerprint density at radius 2 is 1.48 bits per heavy atom. The van der Waals surface area contributed by atoms with Gasteiger partial charge >= 0.3 is 0 Å². The van der Waals surface area contributed by atoms with Gasteiger partial charge in [0.05, 0.1) is 33.5 Å². The Balaban J connectivity index is 1.74. The number of aliphatic hydroxyl groups excluding tert-OH is 3. The number of aliphatic hydroxyl groups is 3. The lowest BCUT2D eigenvalue weighted by atomic mass is 9.96. The molecule has 2 aliphatic rings. The molecule has 5 aromatic rings. The number of carbonyl (C=O) groups is 2. The molecule has 0 radical (unpaired) electrons. The highest BCUT2D eigenvalue weighted by atomic mass is 32.1. The lowest BCUT2D eigenvalue weighted by Gasteiger charge is -2.40. The minimum absolute atomic E-state index is 0.0303. The highest BCUT2D eigenvalue weighted by molar-refractivity contribution is 7.26. The van der Waals surface area contributed by atoms with Crippen LogP contribution in [-0.2, 0) is 4.74 Å². The van der Waals surface area contributed by atoms with Gasteiger partial charge < -0.3 is 24.6 Å². The van der Waals surface area contributed by atoms with Gasteiger partial charge in [-0.1, -0.05) is 0 Å². The zero-order chi connectivity index (χ0) is 28.4. The first-order valence-electron chi connectivity index (χ1n) is 11.9. The van der Waals surface area contributed by atoms with E-state index in [9.17, 15) is 46.9 Å². The molecule has 4 heterocycles. The van der Waals surface area contributed by atoms with Crippen LogP contribution in [0.25, 0.3) is 42.0 Å². The van der Waals surface area contributed by atoms with Crippen LogP contribution in [0.4, 0.5) is 22.0 Å². The monoisotopic (exact) mass is 578 g/mol. The summed E-state index contributed by atoms with van der Waals surface area (Å²) < 4.78 is 79.4. The average Bonchev–Trinajstić information content (AvgIpc) is 3.52. The van der Waals surface area contributed by atoms with Gasteiger partial charge in [0, 0.05) is 32.3 Å². The summed E-state index contributed by atoms with van der Waals surface area (Å²) in [6.07, 6.45) is -9.64. The molecule has 2 amide bonds. The molecule has 8 nitrogen and oxygen atoms in total. The second-order valence-electron chi connectivity index (χ2n) is 9.65. The second-order valence-corrected chi connectivity index (χ2v) is 10.7. The first kappa shape index (κ1) is 25.3. The van der Waals surface area contributed by atoms with E-state index in [0.717, 1.165) is 40.2 Å². The van der Waals surface area contributed by atoms with Gasteiger partial charge in [0.1, 0.15) is 18.3 Å². The van der Waals surface area contributed by atoms with Crippen molar-refractivity contribution in [3.05, 3.63) is 58.7 Å². The topological polar surface area (TPSA) is 121 Å². The van der Waals surface area contributed by atoms with E-state index in [1.165, 1.54) is 0 Å². The Hall–Kier alpha value is -3.69. The lowest BCUT2D eigenvalue weighted by molar-refractivity contribution is -0.233. The molecule has 2 aliphatic heterocycles. The maximum Gasteiger partial charge on any atom is 0.259 e. The van der Waals surface area contributed by atoms with Gasteiger partial charge in [0.25, 0.3) is 11.8 Å². The molecule has 7 rings (SSSR count). The Labute approximate surface area is 222 Å². The predicted octanol–water partition coefficient (Wildman–Crippen LogP) is 3.55. The quantitative estimate of drug-likeness (QED) is 0.188. The number of hydrogen-bond donors (Lipinski definition) is 4. The van der Waals surface area contributed by atoms with E-state index in [1.807, 2.05) is 0 Å². The van der Waals surface area contributed by atoms with Crippen molar-refractivity contribution < 1.29 is 51.6 Å². The van der Waals surface area contributed by atoms with Gasteiger partial charge in [-0.05, 0) is 18.2 Å². The van der Waals surface area contributed by atoms with Crippen molar-refractivity contribution in [2.45, 2.75) is 30.7 Å². The van der Waals surface area contributed by atoms with Crippen molar-refractivity contribution in [2.75, 3.05) is 6.61 Å². The summed E-state index contributed by atoms with van der Waals surface area (Å²) in [7, 11) is 0. The van der Waals surface area contributed by atoms with Crippen molar-refractivity contribution in [1.29, 1.82) is 0 Å². The number of thiophene rings is 1. The number of alkyl halides is 1. The van der Waals surface area contributed by atoms with Crippen LogP contribution in [0.2, 0.25) is 0 Å². The number of hydrogen-bond acceptors (Lipinski definition) is 7. The van der Waals surface area contributed by atoms with Crippen LogP contribution in [0.15, 0.2) is 24.3 Å². The van der Waals surface area contributed by atoms with E-state index >= 15 is 0 Å². The zero-order valence-corrected chi connectivity index (χ0v) is 20.5. The molecule has 0 spiro atoms. The number of fused-ring (bicyclic) bond motifs is 10. The molecule has 206 valence electrons. The average molecular weight is 578 g/mol. The summed E-state index contributed by atoms with van der Waals surface area (Å²) in [5.41, 5.74) is -0.669. The summed E-state index contributed by atoms with van der Waals surface area (Å²) in [5.74, 6) is -6.83. The molecule has 5 atom stereocenters. The highest BCUT2D eigenvalue weighted by Gasteiger charge is 2.47. The fourth-order valence-electron chi connectivity index (χ4n) is 5.75. The smallest absolute Gasteiger partial charge is 0.259 e. The fraction of sp³-hybridized carbons (Fsp3) is 0.231. The second kappa shape index (κ2) is 8.41. The molecule has 1 fully saturated rings. The number of ether oxygens (including phenoxy) is 1. The van der Waals surface area contributed by atoms with Crippen LogP contribution in [0.1, 0.15) is 26.9 Å². The molecule has 14 heteroatoms. The van der Waals surface area contributed by atoms with Crippen LogP contribution in [0.3, 0.4) is 0 Å². The standard InChI is InChI=1S/C26H15F5N2O6S/c27-8-1-6-12(3-10(8)29)33(26-22(36)21(35)19(31)13(5-34)39-26)20-15(6)17-18(25(38)32-24(17)37)16-7-2-9(28)11(30)4-14(7)40-23(16)20/h1-4,13,19,21-22,26,34-36H,5H2,(H,32,37,38)/t13-,19-,21+,22-,26-/m1/s1. The lowest BCUT2D eigenvalue weighted by Crippen LogP contribution is -2.54. The van der Waals surface area contributed by atoms with E-state index in [2.05, 4.69) is 5.32 Å². The number of amides is 2. The van der Waals surface area contributed by atoms with Gasteiger partial charge in [-0.25, -0.2) is 22.0 Å². The summed E-state index contributed by atoms with van der Waals surface area (Å²) in [6, 6.07) is 3.25. The van der Waals surface area contributed by atoms with Crippen molar-refractivity contribution in [3.8, 4) is 0 Å². The summed E-state index contributed by atoms with van der Waals surface area (Å²) in [4.78, 5) is 26.1. The van der Waals surface area contributed by atoms with Crippen LogP contribution in [-0.4, -0.2) is 62.8 Å². The molecule has 2 aromatic heterocycles. The number of aromatic nitrogens is 1. The van der Waals surface area contributed by atoms with Gasteiger partial charge in [-0.15, -0.1) is 11.3 Å². The van der Waals surface area contributed by atoms with Gasteiger partial charge in [-0.2, -0.15) is 0 Å². The van der Waals surface area contributed by atoms with Crippen LogP contribution < -0.4 is 5.32 Å². The first-order valence-corrected chi connectivity index (χ1v) is 12.7. The van der Waals surface area contributed by atoms with E-state index in [4.69, 9.17) is 4.74 Å². The third-order valence-electron chi connectivity index (χ3n) is 7.49. The molecule has 1 saturated heterocycles. The molecular formula is C26H15F5N2O6S. The Morgan fingerprint density at radius 1 is 0.875 bits per heavy atom. The van der Waals surface area contributed by atoms with Crippen molar-refractivity contribution in [1.82, 2.24) is 9.88 Å². The Morgan fingerprint density at radius 3 is 2.15 bits per heavy atom. The minimum Gasteiger partial charge on any atom is -0.394 e. The number of halogens is 5. The van der Waals surface area contributed by atoms with Crippen LogP contribution >= 0.6 is 11.3 Å². The molecule has 4 N–H and O–H groups in total. The maximum absolute atomic E-state index is 14.6. The molecule has 0 aliphatic carbocycles. The number of carbonyl (C=O) groups excluding carboxylic acids is 2. The third-order valence-corrected chi connectivity index (χ3v) is 8.65. The number of rotatable bonds is 2. The van der Waals surface area contributed by atoms with Crippen molar-refractivity contribution >= 4 is 65.1 Å².